The zero-order valence-electron chi connectivity index (χ0n) is 7.81. The van der Waals surface area contributed by atoms with Crippen molar-refractivity contribution in [2.45, 2.75) is 19.4 Å². The van der Waals surface area contributed by atoms with Gasteiger partial charge >= 0.3 is 0 Å². The fraction of sp³-hybridized carbons (Fsp3) is 0.300. The number of pyridine rings is 1. The number of nitrogens with zero attached hydrogens (tertiary/aromatic N) is 2. The molecule has 74 valence electrons. The first kappa shape index (κ1) is 9.49. The van der Waals surface area contributed by atoms with E-state index in [4.69, 9.17) is 11.6 Å². The van der Waals surface area contributed by atoms with Crippen molar-refractivity contribution in [3.8, 4) is 0 Å². The quantitative estimate of drug-likeness (QED) is 0.822. The predicted molar refractivity (Wildman–Crippen MR) is 55.6 cm³/mol. The fourth-order valence-electron chi connectivity index (χ4n) is 1.44. The molecule has 2 aromatic rings. The van der Waals surface area contributed by atoms with Crippen molar-refractivity contribution in [2.75, 3.05) is 0 Å². The fourth-order valence-corrected chi connectivity index (χ4v) is 1.61. The van der Waals surface area contributed by atoms with Crippen LogP contribution in [0.15, 0.2) is 24.5 Å². The van der Waals surface area contributed by atoms with Gasteiger partial charge in [0.15, 0.2) is 0 Å². The van der Waals surface area contributed by atoms with Crippen molar-refractivity contribution in [1.82, 2.24) is 9.38 Å². The predicted octanol–water partition coefficient (Wildman–Crippen LogP) is 1.91. The topological polar surface area (TPSA) is 37.5 Å². The van der Waals surface area contributed by atoms with Crippen molar-refractivity contribution in [3.63, 3.8) is 0 Å². The standard InChI is InChI=1S/C10H11ClN2O/c1-7(14)4-10-12-6-9-5-8(11)2-3-13(9)10/h2-3,5-7,14H,4H2,1H3. The highest BCUT2D eigenvalue weighted by atomic mass is 35.5. The minimum Gasteiger partial charge on any atom is -0.393 e. The van der Waals surface area contributed by atoms with E-state index < -0.39 is 0 Å². The van der Waals surface area contributed by atoms with Gasteiger partial charge in [-0.2, -0.15) is 0 Å². The Kier molecular flexibility index (Phi) is 2.44. The Labute approximate surface area is 87.0 Å². The second-order valence-corrected chi connectivity index (χ2v) is 3.80. The summed E-state index contributed by atoms with van der Waals surface area (Å²) in [6.45, 7) is 1.75. The largest absolute Gasteiger partial charge is 0.393 e. The summed E-state index contributed by atoms with van der Waals surface area (Å²) in [5, 5.41) is 9.95. The molecule has 0 saturated carbocycles. The van der Waals surface area contributed by atoms with Gasteiger partial charge in [-0.3, -0.25) is 0 Å². The van der Waals surface area contributed by atoms with Crippen LogP contribution in [-0.2, 0) is 6.42 Å². The number of hydrogen-bond acceptors (Lipinski definition) is 2. The van der Waals surface area contributed by atoms with Crippen molar-refractivity contribution in [3.05, 3.63) is 35.4 Å². The van der Waals surface area contributed by atoms with Crippen LogP contribution in [0.4, 0.5) is 0 Å². The van der Waals surface area contributed by atoms with Crippen molar-refractivity contribution in [1.29, 1.82) is 0 Å². The Bertz CT molecular complexity index is 450. The molecule has 0 radical (unpaired) electrons. The second-order valence-electron chi connectivity index (χ2n) is 3.37. The summed E-state index contributed by atoms with van der Waals surface area (Å²) in [4.78, 5) is 4.22. The van der Waals surface area contributed by atoms with Gasteiger partial charge in [-0.1, -0.05) is 11.6 Å². The van der Waals surface area contributed by atoms with Crippen LogP contribution in [0.5, 0.6) is 0 Å². The maximum atomic E-state index is 9.26. The number of hydrogen-bond donors (Lipinski definition) is 1. The molecule has 0 saturated heterocycles. The molecule has 1 unspecified atom stereocenters. The smallest absolute Gasteiger partial charge is 0.115 e. The molecule has 0 aliphatic heterocycles. The molecule has 14 heavy (non-hydrogen) atoms. The Balaban J connectivity index is 2.47. The highest BCUT2D eigenvalue weighted by molar-refractivity contribution is 6.30. The van der Waals surface area contributed by atoms with Gasteiger partial charge in [-0.15, -0.1) is 0 Å². The molecule has 4 heteroatoms. The Morgan fingerprint density at radius 2 is 2.43 bits per heavy atom. The van der Waals surface area contributed by atoms with E-state index in [-0.39, 0.29) is 6.10 Å². The number of halogens is 1. The lowest BCUT2D eigenvalue weighted by Crippen LogP contribution is -2.07. The SMILES string of the molecule is CC(O)Cc1ncc2cc(Cl)ccn12. The minimum absolute atomic E-state index is 0.378. The average molecular weight is 211 g/mol. The molecule has 0 amide bonds. The molecule has 0 aliphatic carbocycles. The summed E-state index contributed by atoms with van der Waals surface area (Å²) in [7, 11) is 0. The first-order valence-electron chi connectivity index (χ1n) is 4.46. The van der Waals surface area contributed by atoms with E-state index in [0.717, 1.165) is 11.3 Å². The van der Waals surface area contributed by atoms with Crippen LogP contribution in [0.1, 0.15) is 12.7 Å². The maximum Gasteiger partial charge on any atom is 0.115 e. The van der Waals surface area contributed by atoms with Gasteiger partial charge in [0.1, 0.15) is 5.82 Å². The van der Waals surface area contributed by atoms with Crippen LogP contribution in [0, 0.1) is 0 Å². The molecule has 0 aliphatic rings. The molecule has 3 nitrogen and oxygen atoms in total. The lowest BCUT2D eigenvalue weighted by Gasteiger charge is -2.03. The molecule has 0 aromatic carbocycles. The number of imidazole rings is 1. The zero-order valence-corrected chi connectivity index (χ0v) is 8.57. The summed E-state index contributed by atoms with van der Waals surface area (Å²) < 4.78 is 1.93. The molecule has 1 N–H and O–H groups in total. The van der Waals surface area contributed by atoms with E-state index in [9.17, 15) is 5.11 Å². The van der Waals surface area contributed by atoms with Crippen LogP contribution in [0.25, 0.3) is 5.52 Å². The van der Waals surface area contributed by atoms with Crippen LogP contribution < -0.4 is 0 Å². The number of aliphatic hydroxyl groups is 1. The number of fused-ring (bicyclic) bond motifs is 1. The Morgan fingerprint density at radius 1 is 1.64 bits per heavy atom. The molecular weight excluding hydrogens is 200 g/mol. The average Bonchev–Trinajstić information content (AvgIpc) is 2.47. The molecule has 2 aromatic heterocycles. The highest BCUT2D eigenvalue weighted by Gasteiger charge is 2.06. The summed E-state index contributed by atoms with van der Waals surface area (Å²) >= 11 is 5.84. The molecule has 0 spiro atoms. The van der Waals surface area contributed by atoms with Crippen molar-refractivity contribution in [2.24, 2.45) is 0 Å². The lowest BCUT2D eigenvalue weighted by atomic mass is 10.3. The van der Waals surface area contributed by atoms with E-state index in [2.05, 4.69) is 4.98 Å². The Hall–Kier alpha value is -1.06. The normalized spacial score (nSPS) is 13.4. The summed E-state index contributed by atoms with van der Waals surface area (Å²) in [5.41, 5.74) is 0.952. The minimum atomic E-state index is -0.378. The van der Waals surface area contributed by atoms with Gasteiger partial charge < -0.3 is 9.51 Å². The molecule has 2 heterocycles. The van der Waals surface area contributed by atoms with Gasteiger partial charge in [0.05, 0.1) is 17.8 Å². The van der Waals surface area contributed by atoms with Crippen molar-refractivity contribution < 1.29 is 5.11 Å². The highest BCUT2D eigenvalue weighted by Crippen LogP contribution is 2.14. The third-order valence-corrected chi connectivity index (χ3v) is 2.28. The number of rotatable bonds is 2. The van der Waals surface area contributed by atoms with Crippen LogP contribution in [0.3, 0.4) is 0 Å². The van der Waals surface area contributed by atoms with Gasteiger partial charge in [0, 0.05) is 17.6 Å². The molecular formula is C10H11ClN2O. The first-order valence-corrected chi connectivity index (χ1v) is 4.84. The summed E-state index contributed by atoms with van der Waals surface area (Å²) in [5.74, 6) is 0.853. The van der Waals surface area contributed by atoms with Gasteiger partial charge in [0.2, 0.25) is 0 Å². The van der Waals surface area contributed by atoms with Crippen LogP contribution >= 0.6 is 11.6 Å². The van der Waals surface area contributed by atoms with E-state index in [0.29, 0.717) is 11.4 Å². The zero-order chi connectivity index (χ0) is 10.1. The van der Waals surface area contributed by atoms with Crippen molar-refractivity contribution >= 4 is 17.1 Å². The third kappa shape index (κ3) is 1.74. The Morgan fingerprint density at radius 3 is 3.14 bits per heavy atom. The molecule has 0 fully saturated rings. The van der Waals surface area contributed by atoms with E-state index in [1.807, 2.05) is 22.7 Å². The van der Waals surface area contributed by atoms with Gasteiger partial charge in [-0.25, -0.2) is 4.98 Å². The molecule has 0 bridgehead atoms. The third-order valence-electron chi connectivity index (χ3n) is 2.05. The monoisotopic (exact) mass is 210 g/mol. The van der Waals surface area contributed by atoms with Gasteiger partial charge in [-0.05, 0) is 19.1 Å². The van der Waals surface area contributed by atoms with E-state index in [1.54, 1.807) is 13.1 Å². The number of aromatic nitrogens is 2. The summed E-state index contributed by atoms with van der Waals surface area (Å²) in [6.07, 6.45) is 3.79. The van der Waals surface area contributed by atoms with E-state index in [1.165, 1.54) is 0 Å². The molecule has 2 rings (SSSR count). The molecule has 1 atom stereocenters. The number of aliphatic hydroxyl groups excluding tert-OH is 1. The van der Waals surface area contributed by atoms with Crippen LogP contribution in [-0.4, -0.2) is 20.6 Å². The second kappa shape index (κ2) is 3.59. The van der Waals surface area contributed by atoms with Crippen LogP contribution in [0.2, 0.25) is 5.02 Å². The first-order chi connectivity index (χ1) is 6.66. The lowest BCUT2D eigenvalue weighted by molar-refractivity contribution is 0.192. The summed E-state index contributed by atoms with van der Waals surface area (Å²) in [6, 6.07) is 3.65. The van der Waals surface area contributed by atoms with Gasteiger partial charge in [0.25, 0.3) is 0 Å². The maximum absolute atomic E-state index is 9.26. The van der Waals surface area contributed by atoms with E-state index >= 15 is 0 Å².